The van der Waals surface area contributed by atoms with Crippen LogP contribution in [-0.2, 0) is 4.79 Å². The smallest absolute Gasteiger partial charge is 0.412 e. The Morgan fingerprint density at radius 1 is 1.20 bits per heavy atom. The van der Waals surface area contributed by atoms with E-state index in [1.54, 1.807) is 19.9 Å². The minimum Gasteiger partial charge on any atom is -0.480 e. The molecule has 0 fully saturated rings. The average Bonchev–Trinajstić information content (AvgIpc) is 2.81. The van der Waals surface area contributed by atoms with Gasteiger partial charge in [-0.15, -0.1) is 0 Å². The molecule has 2 N–H and O–H groups in total. The highest BCUT2D eigenvalue weighted by molar-refractivity contribution is 5.94. The molecule has 0 spiro atoms. The van der Waals surface area contributed by atoms with Crippen molar-refractivity contribution >= 4 is 17.7 Å². The van der Waals surface area contributed by atoms with E-state index in [2.05, 4.69) is 0 Å². The number of benzene rings is 1. The van der Waals surface area contributed by atoms with Crippen LogP contribution >= 0.6 is 0 Å². The van der Waals surface area contributed by atoms with Gasteiger partial charge in [-0.3, -0.25) is 4.90 Å². The van der Waals surface area contributed by atoms with Crippen molar-refractivity contribution in [1.29, 1.82) is 0 Å². The SMILES string of the molecule is CC(C)C(C(=O)O)N(C(=O)O)c1ccc2c(c1)OCO2. The molecule has 7 nitrogen and oxygen atoms in total. The lowest BCUT2D eigenvalue weighted by Crippen LogP contribution is -2.47. The summed E-state index contributed by atoms with van der Waals surface area (Å²) in [5.41, 5.74) is 0.239. The predicted molar refractivity (Wildman–Crippen MR) is 69.3 cm³/mol. The zero-order chi connectivity index (χ0) is 14.9. The Morgan fingerprint density at radius 2 is 1.85 bits per heavy atom. The van der Waals surface area contributed by atoms with E-state index in [4.69, 9.17) is 9.47 Å². The van der Waals surface area contributed by atoms with Gasteiger partial charge in [-0.1, -0.05) is 13.8 Å². The third-order valence-corrected chi connectivity index (χ3v) is 3.00. The van der Waals surface area contributed by atoms with Gasteiger partial charge in [0.2, 0.25) is 6.79 Å². The molecule has 2 rings (SSSR count). The number of carbonyl (C=O) groups is 2. The number of aliphatic carboxylic acids is 1. The summed E-state index contributed by atoms with van der Waals surface area (Å²) in [5, 5.41) is 18.6. The molecule has 1 aliphatic rings. The summed E-state index contributed by atoms with van der Waals surface area (Å²) in [5.74, 6) is -0.661. The Kier molecular flexibility index (Phi) is 3.69. The maximum absolute atomic E-state index is 11.4. The van der Waals surface area contributed by atoms with Gasteiger partial charge in [0, 0.05) is 6.07 Å². The van der Waals surface area contributed by atoms with Gasteiger partial charge >= 0.3 is 12.1 Å². The molecule has 0 aromatic heterocycles. The van der Waals surface area contributed by atoms with E-state index in [1.807, 2.05) is 0 Å². The van der Waals surface area contributed by atoms with Gasteiger partial charge in [-0.05, 0) is 18.1 Å². The maximum Gasteiger partial charge on any atom is 0.412 e. The second-order valence-corrected chi connectivity index (χ2v) is 4.72. The molecule has 20 heavy (non-hydrogen) atoms. The molecule has 1 unspecified atom stereocenters. The third kappa shape index (κ3) is 2.47. The zero-order valence-electron chi connectivity index (χ0n) is 11.1. The number of hydrogen-bond acceptors (Lipinski definition) is 4. The van der Waals surface area contributed by atoms with Crippen molar-refractivity contribution in [3.8, 4) is 11.5 Å². The number of nitrogens with zero attached hydrogens (tertiary/aromatic N) is 1. The monoisotopic (exact) mass is 281 g/mol. The second kappa shape index (κ2) is 5.28. The third-order valence-electron chi connectivity index (χ3n) is 3.00. The van der Waals surface area contributed by atoms with Crippen LogP contribution in [0.2, 0.25) is 0 Å². The summed E-state index contributed by atoms with van der Waals surface area (Å²) in [7, 11) is 0. The Balaban J connectivity index is 2.43. The molecule has 7 heteroatoms. The van der Waals surface area contributed by atoms with Crippen molar-refractivity contribution in [2.24, 2.45) is 5.92 Å². The van der Waals surface area contributed by atoms with Crippen molar-refractivity contribution in [2.45, 2.75) is 19.9 Å². The number of anilines is 1. The lowest BCUT2D eigenvalue weighted by molar-refractivity contribution is -0.139. The van der Waals surface area contributed by atoms with Gasteiger partial charge in [0.15, 0.2) is 11.5 Å². The number of amides is 1. The van der Waals surface area contributed by atoms with Gasteiger partial charge in [0.25, 0.3) is 0 Å². The van der Waals surface area contributed by atoms with Crippen LogP contribution in [0.3, 0.4) is 0 Å². The lowest BCUT2D eigenvalue weighted by Gasteiger charge is -2.29. The quantitative estimate of drug-likeness (QED) is 0.876. The zero-order valence-corrected chi connectivity index (χ0v) is 11.1. The molecule has 1 heterocycles. The van der Waals surface area contributed by atoms with Crippen molar-refractivity contribution < 1.29 is 29.3 Å². The summed E-state index contributed by atoms with van der Waals surface area (Å²) in [6, 6.07) is 3.36. The van der Waals surface area contributed by atoms with E-state index in [9.17, 15) is 19.8 Å². The van der Waals surface area contributed by atoms with Crippen molar-refractivity contribution in [1.82, 2.24) is 0 Å². The van der Waals surface area contributed by atoms with Crippen molar-refractivity contribution in [3.05, 3.63) is 18.2 Å². The molecule has 1 atom stereocenters. The lowest BCUT2D eigenvalue weighted by atomic mass is 10.0. The largest absolute Gasteiger partial charge is 0.480 e. The van der Waals surface area contributed by atoms with E-state index in [0.29, 0.717) is 11.5 Å². The maximum atomic E-state index is 11.4. The molecule has 0 aliphatic carbocycles. The van der Waals surface area contributed by atoms with Crippen LogP contribution in [0.25, 0.3) is 0 Å². The highest BCUT2D eigenvalue weighted by atomic mass is 16.7. The minimum atomic E-state index is -1.33. The predicted octanol–water partition coefficient (Wildman–Crippen LogP) is 2.01. The molecule has 0 saturated carbocycles. The number of ether oxygens (including phenoxy) is 2. The summed E-state index contributed by atoms with van der Waals surface area (Å²) < 4.78 is 10.3. The molecule has 0 radical (unpaired) electrons. The molecular weight excluding hydrogens is 266 g/mol. The van der Waals surface area contributed by atoms with E-state index in [0.717, 1.165) is 4.90 Å². The van der Waals surface area contributed by atoms with Crippen LogP contribution in [-0.4, -0.2) is 35.1 Å². The van der Waals surface area contributed by atoms with Crippen LogP contribution in [0, 0.1) is 5.92 Å². The standard InChI is InChI=1S/C13H15NO6/c1-7(2)11(12(15)16)14(13(17)18)8-3-4-9-10(5-8)20-6-19-9/h3-5,7,11H,6H2,1-2H3,(H,15,16)(H,17,18). The number of hydrogen-bond donors (Lipinski definition) is 2. The molecule has 0 saturated heterocycles. The summed E-state index contributed by atoms with van der Waals surface area (Å²) in [6.07, 6.45) is -1.33. The van der Waals surface area contributed by atoms with Crippen LogP contribution in [0.5, 0.6) is 11.5 Å². The second-order valence-electron chi connectivity index (χ2n) is 4.72. The number of carboxylic acids is 1. The van der Waals surface area contributed by atoms with Crippen LogP contribution in [0.4, 0.5) is 10.5 Å². The Hall–Kier alpha value is -2.44. The molecule has 1 amide bonds. The number of carboxylic acid groups (broad SMARTS) is 2. The Bertz CT molecular complexity index is 542. The first-order chi connectivity index (χ1) is 9.41. The normalized spacial score (nSPS) is 14.2. The Labute approximate surface area is 115 Å². The van der Waals surface area contributed by atoms with Gasteiger partial charge in [0.1, 0.15) is 6.04 Å². The Morgan fingerprint density at radius 3 is 2.40 bits per heavy atom. The van der Waals surface area contributed by atoms with Crippen molar-refractivity contribution in [2.75, 3.05) is 11.7 Å². The molecule has 1 aromatic rings. The first-order valence-electron chi connectivity index (χ1n) is 6.06. The fraction of sp³-hybridized carbons (Fsp3) is 0.385. The molecule has 108 valence electrons. The molecule has 0 bridgehead atoms. The number of rotatable bonds is 4. The van der Waals surface area contributed by atoms with Gasteiger partial charge in [-0.2, -0.15) is 0 Å². The van der Waals surface area contributed by atoms with Gasteiger partial charge < -0.3 is 19.7 Å². The topological polar surface area (TPSA) is 96.3 Å². The highest BCUT2D eigenvalue weighted by Gasteiger charge is 2.34. The number of fused-ring (bicyclic) bond motifs is 1. The van der Waals surface area contributed by atoms with E-state index in [-0.39, 0.29) is 18.4 Å². The van der Waals surface area contributed by atoms with Crippen molar-refractivity contribution in [3.63, 3.8) is 0 Å². The minimum absolute atomic E-state index is 0.0679. The molecular formula is C13H15NO6. The van der Waals surface area contributed by atoms with E-state index in [1.165, 1.54) is 12.1 Å². The fourth-order valence-corrected chi connectivity index (χ4v) is 2.12. The highest BCUT2D eigenvalue weighted by Crippen LogP contribution is 2.36. The summed E-state index contributed by atoms with van der Waals surface area (Å²) in [6.45, 7) is 3.38. The molecule has 1 aliphatic heterocycles. The van der Waals surface area contributed by atoms with E-state index >= 15 is 0 Å². The first kappa shape index (κ1) is 14.0. The summed E-state index contributed by atoms with van der Waals surface area (Å²) >= 11 is 0. The van der Waals surface area contributed by atoms with Crippen LogP contribution in [0.1, 0.15) is 13.8 Å². The fourth-order valence-electron chi connectivity index (χ4n) is 2.12. The first-order valence-corrected chi connectivity index (χ1v) is 6.06. The molecule has 1 aromatic carbocycles. The average molecular weight is 281 g/mol. The van der Waals surface area contributed by atoms with Gasteiger partial charge in [-0.25, -0.2) is 9.59 Å². The van der Waals surface area contributed by atoms with Crippen LogP contribution < -0.4 is 14.4 Å². The van der Waals surface area contributed by atoms with Gasteiger partial charge in [0.05, 0.1) is 5.69 Å². The van der Waals surface area contributed by atoms with E-state index < -0.39 is 18.1 Å². The van der Waals surface area contributed by atoms with Crippen LogP contribution in [0.15, 0.2) is 18.2 Å². The summed E-state index contributed by atoms with van der Waals surface area (Å²) in [4.78, 5) is 23.6.